The van der Waals surface area contributed by atoms with Crippen molar-refractivity contribution in [1.29, 1.82) is 0 Å². The fraction of sp³-hybridized carbons (Fsp3) is 0.533. The van der Waals surface area contributed by atoms with E-state index in [1.54, 1.807) is 6.33 Å². The quantitative estimate of drug-likeness (QED) is 0.676. The van der Waals surface area contributed by atoms with Gasteiger partial charge in [0, 0.05) is 10.3 Å². The molecule has 3 heterocycles. The van der Waals surface area contributed by atoms with Gasteiger partial charge in [-0.3, -0.25) is 0 Å². The molecule has 0 aromatic carbocycles. The number of hydrogen-bond acceptors (Lipinski definition) is 7. The Labute approximate surface area is 142 Å². The van der Waals surface area contributed by atoms with Gasteiger partial charge >= 0.3 is 0 Å². The van der Waals surface area contributed by atoms with Crippen molar-refractivity contribution >= 4 is 33.3 Å². The summed E-state index contributed by atoms with van der Waals surface area (Å²) in [5.41, 5.74) is 1.44. The zero-order valence-electron chi connectivity index (χ0n) is 13.4. The third kappa shape index (κ3) is 2.63. The second-order valence-corrected chi connectivity index (χ2v) is 8.35. The first kappa shape index (κ1) is 15.0. The summed E-state index contributed by atoms with van der Waals surface area (Å²) in [6, 6.07) is 0.224. The molecule has 0 amide bonds. The number of tetrazole rings is 1. The number of fused-ring (bicyclic) bond motifs is 3. The average Bonchev–Trinajstić information content (AvgIpc) is 3.11. The average molecular weight is 346 g/mol. The van der Waals surface area contributed by atoms with Crippen LogP contribution in [0.1, 0.15) is 43.7 Å². The smallest absolute Gasteiger partial charge is 0.215 e. The van der Waals surface area contributed by atoms with Gasteiger partial charge in [-0.25, -0.2) is 14.6 Å². The minimum Gasteiger partial charge on any atom is -0.229 e. The number of aromatic nitrogens is 6. The highest BCUT2D eigenvalue weighted by Gasteiger charge is 2.24. The van der Waals surface area contributed by atoms with Crippen LogP contribution in [-0.2, 0) is 12.8 Å². The Kier molecular flexibility index (Phi) is 3.81. The van der Waals surface area contributed by atoms with Crippen molar-refractivity contribution in [2.24, 2.45) is 5.92 Å². The van der Waals surface area contributed by atoms with E-state index in [1.165, 1.54) is 34.0 Å². The maximum Gasteiger partial charge on any atom is 0.215 e. The standard InChI is InChI=1S/C15H18N6S2/c1-8(2)21-15(18-19-20-21)23-14-12-10-5-4-9(3)6-11(10)22-13(12)16-7-17-14/h7-9H,4-6H2,1-3H3. The largest absolute Gasteiger partial charge is 0.229 e. The maximum absolute atomic E-state index is 4.53. The predicted molar refractivity (Wildman–Crippen MR) is 90.9 cm³/mol. The lowest BCUT2D eigenvalue weighted by atomic mass is 9.89. The molecule has 0 aliphatic heterocycles. The van der Waals surface area contributed by atoms with Crippen LogP contribution in [0.3, 0.4) is 0 Å². The fourth-order valence-corrected chi connectivity index (χ4v) is 5.41. The molecule has 6 nitrogen and oxygen atoms in total. The Morgan fingerprint density at radius 2 is 2.22 bits per heavy atom. The van der Waals surface area contributed by atoms with Crippen LogP contribution in [0.25, 0.3) is 10.2 Å². The van der Waals surface area contributed by atoms with E-state index in [1.807, 2.05) is 16.0 Å². The molecule has 120 valence electrons. The van der Waals surface area contributed by atoms with Crippen molar-refractivity contribution in [1.82, 2.24) is 30.2 Å². The summed E-state index contributed by atoms with van der Waals surface area (Å²) in [5, 5.41) is 15.0. The minimum atomic E-state index is 0.224. The van der Waals surface area contributed by atoms with E-state index in [0.29, 0.717) is 0 Å². The Bertz CT molecular complexity index is 853. The molecule has 3 aromatic rings. The summed E-state index contributed by atoms with van der Waals surface area (Å²) >= 11 is 3.36. The van der Waals surface area contributed by atoms with E-state index in [-0.39, 0.29) is 6.04 Å². The summed E-state index contributed by atoms with van der Waals surface area (Å²) in [5.74, 6) is 0.757. The van der Waals surface area contributed by atoms with Gasteiger partial charge < -0.3 is 0 Å². The Morgan fingerprint density at radius 1 is 1.35 bits per heavy atom. The highest BCUT2D eigenvalue weighted by molar-refractivity contribution is 7.99. The second kappa shape index (κ2) is 5.83. The summed E-state index contributed by atoms with van der Waals surface area (Å²) in [4.78, 5) is 11.6. The first-order chi connectivity index (χ1) is 11.1. The fourth-order valence-electron chi connectivity index (χ4n) is 2.99. The Hall–Kier alpha value is -1.54. The Balaban J connectivity index is 1.80. The molecule has 8 heteroatoms. The molecule has 1 atom stereocenters. The van der Waals surface area contributed by atoms with Crippen LogP contribution in [-0.4, -0.2) is 30.2 Å². The van der Waals surface area contributed by atoms with Crippen LogP contribution >= 0.6 is 23.1 Å². The number of hydrogen-bond donors (Lipinski definition) is 0. The van der Waals surface area contributed by atoms with Gasteiger partial charge in [0.15, 0.2) is 0 Å². The Morgan fingerprint density at radius 3 is 3.04 bits per heavy atom. The van der Waals surface area contributed by atoms with Crippen LogP contribution in [0.2, 0.25) is 0 Å². The number of rotatable bonds is 3. The van der Waals surface area contributed by atoms with Crippen LogP contribution in [0.15, 0.2) is 16.5 Å². The predicted octanol–water partition coefficient (Wildman–Crippen LogP) is 3.53. The third-order valence-corrected chi connectivity index (χ3v) is 6.31. The molecule has 0 spiro atoms. The molecule has 1 unspecified atom stereocenters. The van der Waals surface area contributed by atoms with Crippen molar-refractivity contribution in [3.8, 4) is 0 Å². The highest BCUT2D eigenvalue weighted by Crippen LogP contribution is 2.41. The van der Waals surface area contributed by atoms with Crippen LogP contribution in [0.5, 0.6) is 0 Å². The van der Waals surface area contributed by atoms with E-state index in [0.717, 1.165) is 33.8 Å². The van der Waals surface area contributed by atoms with Crippen molar-refractivity contribution in [2.75, 3.05) is 0 Å². The lowest BCUT2D eigenvalue weighted by molar-refractivity contribution is 0.477. The zero-order valence-corrected chi connectivity index (χ0v) is 15.0. The van der Waals surface area contributed by atoms with Crippen LogP contribution in [0, 0.1) is 5.92 Å². The number of thiophene rings is 1. The molecule has 0 bridgehead atoms. The molecular weight excluding hydrogens is 328 g/mol. The molecule has 0 saturated heterocycles. The number of nitrogens with zero attached hydrogens (tertiary/aromatic N) is 6. The first-order valence-corrected chi connectivity index (χ1v) is 9.47. The first-order valence-electron chi connectivity index (χ1n) is 7.84. The summed E-state index contributed by atoms with van der Waals surface area (Å²) < 4.78 is 1.83. The maximum atomic E-state index is 4.53. The van der Waals surface area contributed by atoms with Crippen molar-refractivity contribution in [3.63, 3.8) is 0 Å². The van der Waals surface area contributed by atoms with Crippen molar-refractivity contribution < 1.29 is 0 Å². The van der Waals surface area contributed by atoms with E-state index in [4.69, 9.17) is 0 Å². The zero-order chi connectivity index (χ0) is 16.0. The van der Waals surface area contributed by atoms with Crippen LogP contribution < -0.4 is 0 Å². The van der Waals surface area contributed by atoms with Gasteiger partial charge in [0.05, 0.1) is 6.04 Å². The van der Waals surface area contributed by atoms with Gasteiger partial charge in [0.25, 0.3) is 0 Å². The van der Waals surface area contributed by atoms with Gasteiger partial charge in [0.2, 0.25) is 5.16 Å². The van der Waals surface area contributed by atoms with E-state index < -0.39 is 0 Å². The van der Waals surface area contributed by atoms with Crippen LogP contribution in [0.4, 0.5) is 0 Å². The lowest BCUT2D eigenvalue weighted by Gasteiger charge is -2.18. The third-order valence-electron chi connectivity index (χ3n) is 4.20. The highest BCUT2D eigenvalue weighted by atomic mass is 32.2. The molecule has 1 aliphatic rings. The van der Waals surface area contributed by atoms with Crippen molar-refractivity contribution in [3.05, 3.63) is 16.8 Å². The molecule has 0 saturated carbocycles. The summed E-state index contributed by atoms with van der Waals surface area (Å²) in [7, 11) is 0. The molecular formula is C15H18N6S2. The normalized spacial score (nSPS) is 17.8. The van der Waals surface area contributed by atoms with Gasteiger partial charge in [0.1, 0.15) is 16.2 Å². The molecule has 0 N–H and O–H groups in total. The van der Waals surface area contributed by atoms with Gasteiger partial charge in [-0.2, -0.15) is 0 Å². The molecule has 3 aromatic heterocycles. The van der Waals surface area contributed by atoms with Gasteiger partial charge in [-0.1, -0.05) is 6.92 Å². The topological polar surface area (TPSA) is 69.4 Å². The lowest BCUT2D eigenvalue weighted by Crippen LogP contribution is -2.08. The SMILES string of the molecule is CC1CCc2c(sc3ncnc(Sc4nnnn4C(C)C)c23)C1. The van der Waals surface area contributed by atoms with E-state index in [9.17, 15) is 0 Å². The molecule has 0 fully saturated rings. The monoisotopic (exact) mass is 346 g/mol. The summed E-state index contributed by atoms with van der Waals surface area (Å²) in [6.07, 6.45) is 5.16. The molecule has 4 rings (SSSR count). The second-order valence-electron chi connectivity index (χ2n) is 6.31. The minimum absolute atomic E-state index is 0.224. The van der Waals surface area contributed by atoms with E-state index in [2.05, 4.69) is 46.3 Å². The van der Waals surface area contributed by atoms with Gasteiger partial charge in [-0.05, 0) is 66.8 Å². The molecule has 1 aliphatic carbocycles. The molecule has 23 heavy (non-hydrogen) atoms. The van der Waals surface area contributed by atoms with Gasteiger partial charge in [-0.15, -0.1) is 16.4 Å². The van der Waals surface area contributed by atoms with E-state index >= 15 is 0 Å². The molecule has 0 radical (unpaired) electrons. The number of aryl methyl sites for hydroxylation is 1. The van der Waals surface area contributed by atoms with Crippen molar-refractivity contribution in [2.45, 2.75) is 56.3 Å². The summed E-state index contributed by atoms with van der Waals surface area (Å²) in [6.45, 7) is 6.47.